The lowest BCUT2D eigenvalue weighted by molar-refractivity contribution is 1.15. The van der Waals surface area contributed by atoms with Crippen molar-refractivity contribution in [1.29, 1.82) is 0 Å². The molecular weight excluding hydrogens is 152 g/mol. The molecule has 1 heterocycles. The Kier molecular flexibility index (Phi) is 2.55. The smallest absolute Gasteiger partial charge is 0.0485 e. The molecular formula is C7H9ClS. The molecule has 0 atom stereocenters. The number of thiophene rings is 1. The molecule has 0 aliphatic heterocycles. The molecule has 1 rings (SSSR count). The van der Waals surface area contributed by atoms with E-state index in [1.165, 1.54) is 10.4 Å². The van der Waals surface area contributed by atoms with Crippen LogP contribution in [0, 0.1) is 0 Å². The summed E-state index contributed by atoms with van der Waals surface area (Å²) in [7, 11) is 0. The molecule has 0 saturated carbocycles. The minimum Gasteiger partial charge on any atom is -0.149 e. The number of rotatable bonds is 2. The van der Waals surface area contributed by atoms with E-state index in [0.29, 0.717) is 5.88 Å². The Balaban J connectivity index is 2.85. The highest BCUT2D eigenvalue weighted by Crippen LogP contribution is 2.18. The fraction of sp³-hybridized carbons (Fsp3) is 0.429. The van der Waals surface area contributed by atoms with Crippen LogP contribution in [0.2, 0.25) is 0 Å². The van der Waals surface area contributed by atoms with Crippen LogP contribution in [-0.4, -0.2) is 0 Å². The summed E-state index contributed by atoms with van der Waals surface area (Å²) in [5.41, 5.74) is 1.30. The molecule has 0 N–H and O–H groups in total. The van der Waals surface area contributed by atoms with E-state index in [1.807, 2.05) is 0 Å². The molecule has 1 aromatic rings. The average molecular weight is 161 g/mol. The van der Waals surface area contributed by atoms with Crippen molar-refractivity contribution in [2.45, 2.75) is 19.2 Å². The van der Waals surface area contributed by atoms with Crippen LogP contribution >= 0.6 is 22.9 Å². The second-order valence-electron chi connectivity index (χ2n) is 1.86. The summed E-state index contributed by atoms with van der Waals surface area (Å²) in [5.74, 6) is 0.659. The molecule has 0 unspecified atom stereocenters. The fourth-order valence-corrected chi connectivity index (χ4v) is 1.98. The number of aryl methyl sites for hydroxylation is 1. The minimum absolute atomic E-state index is 0.659. The van der Waals surface area contributed by atoms with E-state index < -0.39 is 0 Å². The highest BCUT2D eigenvalue weighted by atomic mass is 35.5. The maximum absolute atomic E-state index is 5.66. The van der Waals surface area contributed by atoms with Crippen molar-refractivity contribution < 1.29 is 0 Å². The van der Waals surface area contributed by atoms with E-state index in [4.69, 9.17) is 11.6 Å². The van der Waals surface area contributed by atoms with Gasteiger partial charge >= 0.3 is 0 Å². The van der Waals surface area contributed by atoms with Gasteiger partial charge in [0.1, 0.15) is 0 Å². The van der Waals surface area contributed by atoms with Crippen LogP contribution in [-0.2, 0) is 12.3 Å². The Morgan fingerprint density at radius 3 is 2.89 bits per heavy atom. The molecule has 0 radical (unpaired) electrons. The molecule has 0 nitrogen and oxygen atoms in total. The molecule has 0 aliphatic carbocycles. The largest absolute Gasteiger partial charge is 0.149 e. The first-order valence-electron chi connectivity index (χ1n) is 2.99. The van der Waals surface area contributed by atoms with Crippen molar-refractivity contribution in [3.8, 4) is 0 Å². The van der Waals surface area contributed by atoms with Crippen LogP contribution in [0.4, 0.5) is 0 Å². The number of halogens is 1. The van der Waals surface area contributed by atoms with E-state index in [1.54, 1.807) is 11.3 Å². The lowest BCUT2D eigenvalue weighted by Crippen LogP contribution is -1.78. The van der Waals surface area contributed by atoms with Crippen LogP contribution < -0.4 is 0 Å². The van der Waals surface area contributed by atoms with Crippen LogP contribution in [0.25, 0.3) is 0 Å². The minimum atomic E-state index is 0.659. The van der Waals surface area contributed by atoms with Crippen LogP contribution in [0.1, 0.15) is 17.4 Å². The van der Waals surface area contributed by atoms with Crippen LogP contribution in [0.15, 0.2) is 11.4 Å². The van der Waals surface area contributed by atoms with E-state index in [2.05, 4.69) is 18.4 Å². The monoisotopic (exact) mass is 160 g/mol. The van der Waals surface area contributed by atoms with Gasteiger partial charge in [0.25, 0.3) is 0 Å². The molecule has 1 aromatic heterocycles. The summed E-state index contributed by atoms with van der Waals surface area (Å²) in [6.45, 7) is 2.15. The Hall–Kier alpha value is -0.0100. The van der Waals surface area contributed by atoms with Crippen molar-refractivity contribution in [1.82, 2.24) is 0 Å². The summed E-state index contributed by atoms with van der Waals surface area (Å²) in [4.78, 5) is 1.42. The molecule has 0 saturated heterocycles. The van der Waals surface area contributed by atoms with Gasteiger partial charge in [0.15, 0.2) is 0 Å². The van der Waals surface area contributed by atoms with Crippen molar-refractivity contribution in [3.05, 3.63) is 21.9 Å². The predicted molar refractivity (Wildman–Crippen MR) is 43.3 cm³/mol. The van der Waals surface area contributed by atoms with E-state index in [-0.39, 0.29) is 0 Å². The SMILES string of the molecule is CCc1sccc1CCl. The van der Waals surface area contributed by atoms with Gasteiger partial charge in [-0.05, 0) is 23.4 Å². The van der Waals surface area contributed by atoms with Crippen molar-refractivity contribution in [2.75, 3.05) is 0 Å². The molecule has 50 valence electrons. The van der Waals surface area contributed by atoms with Crippen LogP contribution in [0.5, 0.6) is 0 Å². The van der Waals surface area contributed by atoms with Gasteiger partial charge in [-0.25, -0.2) is 0 Å². The molecule has 0 aromatic carbocycles. The normalized spacial score (nSPS) is 10.0. The second kappa shape index (κ2) is 3.23. The van der Waals surface area contributed by atoms with Gasteiger partial charge in [-0.3, -0.25) is 0 Å². The molecule has 2 heteroatoms. The van der Waals surface area contributed by atoms with Crippen molar-refractivity contribution >= 4 is 22.9 Å². The highest BCUT2D eigenvalue weighted by Gasteiger charge is 1.97. The molecule has 0 fully saturated rings. The van der Waals surface area contributed by atoms with Gasteiger partial charge < -0.3 is 0 Å². The molecule has 9 heavy (non-hydrogen) atoms. The molecule has 0 aliphatic rings. The summed E-state index contributed by atoms with van der Waals surface area (Å²) < 4.78 is 0. The Morgan fingerprint density at radius 2 is 2.44 bits per heavy atom. The maximum atomic E-state index is 5.66. The first kappa shape index (κ1) is 7.10. The van der Waals surface area contributed by atoms with Crippen molar-refractivity contribution in [3.63, 3.8) is 0 Å². The number of hydrogen-bond donors (Lipinski definition) is 0. The van der Waals surface area contributed by atoms with Gasteiger partial charge in [0.2, 0.25) is 0 Å². The third-order valence-electron chi connectivity index (χ3n) is 1.30. The van der Waals surface area contributed by atoms with Gasteiger partial charge in [-0.2, -0.15) is 0 Å². The van der Waals surface area contributed by atoms with E-state index in [0.717, 1.165) is 6.42 Å². The quantitative estimate of drug-likeness (QED) is 0.584. The number of alkyl halides is 1. The zero-order valence-corrected chi connectivity index (χ0v) is 6.93. The van der Waals surface area contributed by atoms with E-state index in [9.17, 15) is 0 Å². The average Bonchev–Trinajstić information content (AvgIpc) is 2.33. The van der Waals surface area contributed by atoms with Crippen LogP contribution in [0.3, 0.4) is 0 Å². The molecule has 0 amide bonds. The Bertz CT molecular complexity index is 162. The van der Waals surface area contributed by atoms with Gasteiger partial charge in [0.05, 0.1) is 0 Å². The Labute approximate surface area is 64.5 Å². The van der Waals surface area contributed by atoms with Gasteiger partial charge in [-0.15, -0.1) is 22.9 Å². The summed E-state index contributed by atoms with van der Waals surface area (Å²) in [6.07, 6.45) is 1.11. The lowest BCUT2D eigenvalue weighted by atomic mass is 10.2. The predicted octanol–water partition coefficient (Wildman–Crippen LogP) is 3.05. The first-order chi connectivity index (χ1) is 4.38. The van der Waals surface area contributed by atoms with Crippen molar-refractivity contribution in [2.24, 2.45) is 0 Å². The van der Waals surface area contributed by atoms with Gasteiger partial charge in [-0.1, -0.05) is 6.92 Å². The zero-order valence-electron chi connectivity index (χ0n) is 5.36. The zero-order chi connectivity index (χ0) is 6.69. The standard InChI is InChI=1S/C7H9ClS/c1-2-7-6(5-8)3-4-9-7/h3-4H,2,5H2,1H3. The summed E-state index contributed by atoms with van der Waals surface area (Å²) >= 11 is 7.45. The first-order valence-corrected chi connectivity index (χ1v) is 4.41. The second-order valence-corrected chi connectivity index (χ2v) is 3.12. The topological polar surface area (TPSA) is 0 Å². The Morgan fingerprint density at radius 1 is 1.67 bits per heavy atom. The number of hydrogen-bond acceptors (Lipinski definition) is 1. The third kappa shape index (κ3) is 1.46. The van der Waals surface area contributed by atoms with Gasteiger partial charge in [0, 0.05) is 10.8 Å². The highest BCUT2D eigenvalue weighted by molar-refractivity contribution is 7.10. The fourth-order valence-electron chi connectivity index (χ4n) is 0.796. The third-order valence-corrected chi connectivity index (χ3v) is 2.70. The van der Waals surface area contributed by atoms with E-state index >= 15 is 0 Å². The molecule has 0 bridgehead atoms. The lowest BCUT2D eigenvalue weighted by Gasteiger charge is -1.91. The molecule has 0 spiro atoms. The summed E-state index contributed by atoms with van der Waals surface area (Å²) in [6, 6.07) is 2.09. The summed E-state index contributed by atoms with van der Waals surface area (Å²) in [5, 5.41) is 2.09. The maximum Gasteiger partial charge on any atom is 0.0485 e.